The Kier molecular flexibility index (Phi) is 108. The Bertz CT molecular complexity index is 376. The van der Waals surface area contributed by atoms with Crippen LogP contribution in [0.1, 0.15) is 20.8 Å². The van der Waals surface area contributed by atoms with E-state index in [-0.39, 0.29) is 45.8 Å². The van der Waals surface area contributed by atoms with Crippen LogP contribution in [0.2, 0.25) is 0 Å². The van der Waals surface area contributed by atoms with Gasteiger partial charge in [0.2, 0.25) is 6.29 Å². The number of hydrogen-bond donors (Lipinski definition) is 0. The van der Waals surface area contributed by atoms with Gasteiger partial charge in [0.1, 0.15) is 0 Å². The third-order valence-corrected chi connectivity index (χ3v) is 1.74. The molecule has 11 heteroatoms. The molecule has 0 aliphatic carbocycles. The molecule has 0 spiro atoms. The Balaban J connectivity index is -0.0000000332. The van der Waals surface area contributed by atoms with Crippen molar-refractivity contribution in [1.29, 1.82) is 0 Å². The molecule has 146 valence electrons. The van der Waals surface area contributed by atoms with E-state index >= 15 is 0 Å². The van der Waals surface area contributed by atoms with E-state index in [1.165, 1.54) is 6.92 Å². The minimum absolute atomic E-state index is 0. The quantitative estimate of drug-likeness (QED) is 0.307. The van der Waals surface area contributed by atoms with Crippen LogP contribution in [0.25, 0.3) is 0 Å². The van der Waals surface area contributed by atoms with E-state index < -0.39 is 12.5 Å². The number of ether oxygens (including phenoxy) is 2. The van der Waals surface area contributed by atoms with E-state index in [2.05, 4.69) is 51.7 Å². The smallest absolute Gasteiger partial charge is 0 e. The maximum atomic E-state index is 12.3. The molecule has 0 aromatic rings. The average molecular weight is 458 g/mol. The second-order valence-electron chi connectivity index (χ2n) is 2.92. The van der Waals surface area contributed by atoms with Crippen molar-refractivity contribution in [3.8, 4) is 11.8 Å². The van der Waals surface area contributed by atoms with Crippen LogP contribution in [0.15, 0.2) is 0 Å². The Labute approximate surface area is 172 Å². The van der Waals surface area contributed by atoms with E-state index in [0.717, 1.165) is 0 Å². The number of hydrogen-bond acceptors (Lipinski definition) is 2. The van der Waals surface area contributed by atoms with Gasteiger partial charge in [0.25, 0.3) is 0 Å². The molecule has 1 heterocycles. The van der Waals surface area contributed by atoms with Gasteiger partial charge in [-0.2, -0.15) is 0 Å². The van der Waals surface area contributed by atoms with Crippen LogP contribution in [-0.4, -0.2) is 24.7 Å². The predicted octanol–water partition coefficient (Wildman–Crippen LogP) is 1.27. The molecular formula is C15H13Co2FO8. The topological polar surface area (TPSA) is 138 Å². The largest absolute Gasteiger partial charge is 0 e. The molecule has 26 heavy (non-hydrogen) atoms. The van der Waals surface area contributed by atoms with E-state index in [0.29, 0.717) is 0 Å². The van der Waals surface area contributed by atoms with Gasteiger partial charge in [-0.25, -0.2) is 4.39 Å². The van der Waals surface area contributed by atoms with Gasteiger partial charge in [0.15, 0.2) is 6.17 Å². The third kappa shape index (κ3) is 43.4. The second kappa shape index (κ2) is 56.5. The van der Waals surface area contributed by atoms with Gasteiger partial charge >= 0.3 is 67.8 Å². The summed E-state index contributed by atoms with van der Waals surface area (Å²) in [6, 6.07) is 0. The molecule has 0 aromatic carbocycles. The molecular weight excluding hydrogens is 445 g/mol. The molecule has 1 fully saturated rings. The first-order valence-electron chi connectivity index (χ1n) is 5.28. The summed E-state index contributed by atoms with van der Waals surface area (Å²) in [5.74, 6) is 4.93. The summed E-state index contributed by atoms with van der Waals surface area (Å²) in [7, 11) is 0. The summed E-state index contributed by atoms with van der Waals surface area (Å²) in [6.07, 6.45) is -1.59. The van der Waals surface area contributed by atoms with Gasteiger partial charge in [-0.1, -0.05) is 5.92 Å². The monoisotopic (exact) mass is 458 g/mol. The van der Waals surface area contributed by atoms with Crippen molar-refractivity contribution < 1.29 is 75.3 Å². The zero-order chi connectivity index (χ0) is 21.1. The molecule has 1 saturated heterocycles. The van der Waals surface area contributed by atoms with Gasteiger partial charge in [0.05, 0.1) is 12.2 Å². The Morgan fingerprint density at radius 3 is 1.15 bits per heavy atom. The molecule has 0 N–H and O–H groups in total. The zero-order valence-corrected chi connectivity index (χ0v) is 15.7. The van der Waals surface area contributed by atoms with Crippen LogP contribution in [0.4, 0.5) is 4.39 Å². The molecule has 0 bridgehead atoms. The van der Waals surface area contributed by atoms with Crippen LogP contribution in [-0.2, 0) is 70.9 Å². The van der Waals surface area contributed by atoms with Crippen molar-refractivity contribution in [2.75, 3.05) is 0 Å². The van der Waals surface area contributed by atoms with Crippen LogP contribution >= 0.6 is 0 Å². The summed E-state index contributed by atoms with van der Waals surface area (Å²) < 4.78 is 67.8. The van der Waals surface area contributed by atoms with Crippen LogP contribution < -0.4 is 0 Å². The minimum Gasteiger partial charge on any atom is 0 e. The molecule has 0 amide bonds. The number of rotatable bonds is 0. The zero-order valence-electron chi connectivity index (χ0n) is 13.6. The first-order valence-corrected chi connectivity index (χ1v) is 5.28. The average Bonchev–Trinajstić information content (AvgIpc) is 3.01. The maximum absolute atomic E-state index is 12.3. The van der Waals surface area contributed by atoms with Crippen LogP contribution in [0.5, 0.6) is 0 Å². The molecule has 0 unspecified atom stereocenters. The van der Waals surface area contributed by atoms with Crippen molar-refractivity contribution in [2.24, 2.45) is 0 Å². The molecule has 8 nitrogen and oxygen atoms in total. The van der Waals surface area contributed by atoms with Gasteiger partial charge in [-0.15, -0.1) is 0 Å². The summed E-state index contributed by atoms with van der Waals surface area (Å²) in [4.78, 5) is 0. The number of alkyl halides is 1. The van der Waals surface area contributed by atoms with Crippen LogP contribution in [0.3, 0.4) is 0 Å². The standard InChI is InChI=1S/C9H13FO2.6CO.2Co/c1-6(10)4-5-9-11-7(2)8(3)12-9;6*1-2;;/h6-9H,1-3H3;;;;;;;;/t6-,7+,8+;;;;;;;;/m0......../s1. The number of halogens is 1. The van der Waals surface area contributed by atoms with Crippen LogP contribution in [0, 0.1) is 51.7 Å². The summed E-state index contributed by atoms with van der Waals surface area (Å²) in [6.45, 7) is 32.2. The van der Waals surface area contributed by atoms with Crippen molar-refractivity contribution in [3.05, 3.63) is 39.9 Å². The van der Waals surface area contributed by atoms with Gasteiger partial charge in [-0.3, -0.25) is 0 Å². The maximum Gasteiger partial charge on any atom is 0 e. The molecule has 0 saturated carbocycles. The summed E-state index contributed by atoms with van der Waals surface area (Å²) in [5.41, 5.74) is 0. The molecule has 2 radical (unpaired) electrons. The Hall–Kier alpha value is -1.14. The molecule has 1 aliphatic rings. The van der Waals surface area contributed by atoms with Gasteiger partial charge in [-0.05, 0) is 26.7 Å². The first-order chi connectivity index (χ1) is 11.6. The molecule has 1 aliphatic heterocycles. The predicted molar refractivity (Wildman–Crippen MR) is 66.8 cm³/mol. The fourth-order valence-electron chi connectivity index (χ4n) is 0.894. The normalized spacial score (nSPS) is 15.5. The van der Waals surface area contributed by atoms with Crippen molar-refractivity contribution in [2.45, 2.75) is 45.4 Å². The molecule has 0 aromatic heterocycles. The second-order valence-corrected chi connectivity index (χ2v) is 2.92. The van der Waals surface area contributed by atoms with Gasteiger partial charge < -0.3 is 9.47 Å². The molecule has 3 atom stereocenters. The van der Waals surface area contributed by atoms with E-state index in [4.69, 9.17) is 37.4 Å². The summed E-state index contributed by atoms with van der Waals surface area (Å²) in [5, 5.41) is 0. The van der Waals surface area contributed by atoms with E-state index in [9.17, 15) is 4.39 Å². The SMILES string of the molecule is C[C@H](F)C#CC1O[C@H](C)[C@@H](C)O1.[C-]#[O+].[C-]#[O+].[C-]#[O+].[C-]#[O+].[C-]#[O+].[C-]#[O+].[Co].[Co]. The molecule has 1 rings (SSSR count). The van der Waals surface area contributed by atoms with Gasteiger partial charge in [0, 0.05) is 33.6 Å². The van der Waals surface area contributed by atoms with E-state index in [1.807, 2.05) is 13.8 Å². The Morgan fingerprint density at radius 1 is 0.731 bits per heavy atom. The third-order valence-electron chi connectivity index (χ3n) is 1.74. The van der Waals surface area contributed by atoms with Crippen molar-refractivity contribution in [1.82, 2.24) is 0 Å². The first kappa shape index (κ1) is 49.8. The van der Waals surface area contributed by atoms with Crippen molar-refractivity contribution >= 4 is 0 Å². The fraction of sp³-hybridized carbons (Fsp3) is 0.467. The van der Waals surface area contributed by atoms with E-state index in [1.54, 1.807) is 0 Å². The van der Waals surface area contributed by atoms with Crippen molar-refractivity contribution in [3.63, 3.8) is 0 Å². The summed E-state index contributed by atoms with van der Waals surface area (Å²) >= 11 is 0. The minimum atomic E-state index is -1.12. The Morgan fingerprint density at radius 2 is 0.962 bits per heavy atom. The fourth-order valence-corrected chi connectivity index (χ4v) is 0.894.